The second-order valence-corrected chi connectivity index (χ2v) is 10.6. The predicted molar refractivity (Wildman–Crippen MR) is 115 cm³/mol. The highest BCUT2D eigenvalue weighted by atomic mass is 32.2. The van der Waals surface area contributed by atoms with Crippen molar-refractivity contribution < 1.29 is 17.9 Å². The first-order chi connectivity index (χ1) is 13.7. The molecule has 1 amide bonds. The molecule has 2 aliphatic rings. The topological polar surface area (TPSA) is 75.7 Å². The van der Waals surface area contributed by atoms with Crippen LogP contribution in [-0.2, 0) is 25.0 Å². The summed E-state index contributed by atoms with van der Waals surface area (Å²) in [4.78, 5) is 14.7. The number of rotatable bonds is 6. The second kappa shape index (κ2) is 9.04. The number of benzene rings is 1. The molecule has 0 bridgehead atoms. The minimum absolute atomic E-state index is 0.0988. The van der Waals surface area contributed by atoms with Gasteiger partial charge < -0.3 is 9.64 Å². The van der Waals surface area contributed by atoms with Crippen molar-refractivity contribution in [3.8, 4) is 0 Å². The fourth-order valence-electron chi connectivity index (χ4n) is 4.52. The van der Waals surface area contributed by atoms with E-state index in [0.29, 0.717) is 12.1 Å². The number of nitrogens with one attached hydrogen (secondary N) is 1. The first kappa shape index (κ1) is 22.1. The summed E-state index contributed by atoms with van der Waals surface area (Å²) < 4.78 is 31.4. The van der Waals surface area contributed by atoms with Crippen molar-refractivity contribution in [2.24, 2.45) is 5.92 Å². The lowest BCUT2D eigenvalue weighted by Crippen LogP contribution is -2.49. The summed E-state index contributed by atoms with van der Waals surface area (Å²) in [5, 5.41) is 0. The quantitative estimate of drug-likeness (QED) is 0.761. The third kappa shape index (κ3) is 5.72. The van der Waals surface area contributed by atoms with E-state index in [9.17, 15) is 13.2 Å². The van der Waals surface area contributed by atoms with Crippen molar-refractivity contribution in [2.45, 2.75) is 63.9 Å². The number of nitrogens with zero attached hydrogens (tertiary/aromatic N) is 1. The maximum Gasteiger partial charge on any atom is 0.229 e. The van der Waals surface area contributed by atoms with E-state index >= 15 is 0 Å². The fourth-order valence-corrected chi connectivity index (χ4v) is 5.08. The molecule has 7 heteroatoms. The smallest absolute Gasteiger partial charge is 0.229 e. The van der Waals surface area contributed by atoms with Gasteiger partial charge in [-0.3, -0.25) is 9.52 Å². The van der Waals surface area contributed by atoms with Crippen molar-refractivity contribution >= 4 is 21.6 Å². The van der Waals surface area contributed by atoms with Gasteiger partial charge in [-0.25, -0.2) is 8.42 Å². The van der Waals surface area contributed by atoms with Crippen LogP contribution < -0.4 is 4.72 Å². The number of carbonyl (C=O) groups is 1. The van der Waals surface area contributed by atoms with E-state index < -0.39 is 10.0 Å². The average molecular weight is 423 g/mol. The number of likely N-dealkylation sites (tertiary alicyclic amines) is 1. The molecule has 1 aromatic carbocycles. The van der Waals surface area contributed by atoms with E-state index in [0.717, 1.165) is 57.2 Å². The van der Waals surface area contributed by atoms with E-state index in [2.05, 4.69) is 24.6 Å². The molecule has 2 heterocycles. The molecular formula is C22H34N2O4S. The van der Waals surface area contributed by atoms with Crippen LogP contribution in [-0.4, -0.2) is 51.3 Å². The number of hydrogen-bond acceptors (Lipinski definition) is 4. The summed E-state index contributed by atoms with van der Waals surface area (Å²) >= 11 is 0. The van der Waals surface area contributed by atoms with Gasteiger partial charge in [0.15, 0.2) is 0 Å². The summed E-state index contributed by atoms with van der Waals surface area (Å²) in [6, 6.07) is 7.64. The Morgan fingerprint density at radius 1 is 1.34 bits per heavy atom. The minimum Gasteiger partial charge on any atom is -0.378 e. The van der Waals surface area contributed by atoms with Crippen LogP contribution in [0.15, 0.2) is 24.3 Å². The Bertz CT molecular complexity index is 820. The van der Waals surface area contributed by atoms with Gasteiger partial charge in [-0.15, -0.1) is 0 Å². The van der Waals surface area contributed by atoms with Gasteiger partial charge in [0.25, 0.3) is 0 Å². The lowest BCUT2D eigenvalue weighted by atomic mass is 9.68. The van der Waals surface area contributed by atoms with Crippen LogP contribution in [0.4, 0.5) is 5.69 Å². The van der Waals surface area contributed by atoms with Crippen LogP contribution in [0.3, 0.4) is 0 Å². The summed E-state index contributed by atoms with van der Waals surface area (Å²) in [5.41, 5.74) is 1.60. The van der Waals surface area contributed by atoms with Gasteiger partial charge in [-0.2, -0.15) is 0 Å². The lowest BCUT2D eigenvalue weighted by Gasteiger charge is -2.45. The number of carbonyl (C=O) groups excluding carboxylic acids is 1. The highest BCUT2D eigenvalue weighted by Crippen LogP contribution is 2.40. The minimum atomic E-state index is -3.31. The van der Waals surface area contributed by atoms with Crippen LogP contribution in [0.1, 0.15) is 57.9 Å². The zero-order chi connectivity index (χ0) is 21.1. The zero-order valence-corrected chi connectivity index (χ0v) is 18.6. The molecule has 0 aliphatic carbocycles. The van der Waals surface area contributed by atoms with E-state index in [1.54, 1.807) is 6.07 Å². The Labute approximate surface area is 175 Å². The summed E-state index contributed by atoms with van der Waals surface area (Å²) in [7, 11) is -3.31. The highest BCUT2D eigenvalue weighted by molar-refractivity contribution is 7.92. The summed E-state index contributed by atoms with van der Waals surface area (Å²) in [6.45, 7) is 6.68. The molecule has 1 aromatic rings. The van der Waals surface area contributed by atoms with Crippen LogP contribution >= 0.6 is 0 Å². The molecule has 2 saturated heterocycles. The molecule has 1 unspecified atom stereocenters. The highest BCUT2D eigenvalue weighted by Gasteiger charge is 2.39. The summed E-state index contributed by atoms with van der Waals surface area (Å²) in [6.07, 6.45) is 7.04. The fraction of sp³-hybridized carbons (Fsp3) is 0.682. The van der Waals surface area contributed by atoms with Crippen molar-refractivity contribution in [3.05, 3.63) is 29.8 Å². The number of anilines is 1. The molecule has 2 aliphatic heterocycles. The van der Waals surface area contributed by atoms with Gasteiger partial charge >= 0.3 is 0 Å². The van der Waals surface area contributed by atoms with Crippen LogP contribution in [0.2, 0.25) is 0 Å². The largest absolute Gasteiger partial charge is 0.378 e. The van der Waals surface area contributed by atoms with Crippen LogP contribution in [0.25, 0.3) is 0 Å². The molecule has 3 atom stereocenters. The lowest BCUT2D eigenvalue weighted by molar-refractivity contribution is -0.135. The first-order valence-corrected chi connectivity index (χ1v) is 12.5. The Morgan fingerprint density at radius 2 is 2.14 bits per heavy atom. The third-order valence-corrected chi connectivity index (χ3v) is 7.22. The molecule has 3 rings (SSSR count). The molecule has 162 valence electrons. The second-order valence-electron chi connectivity index (χ2n) is 8.89. The van der Waals surface area contributed by atoms with Crippen molar-refractivity contribution in [1.82, 2.24) is 4.90 Å². The molecule has 0 radical (unpaired) electrons. The molecule has 0 aromatic heterocycles. The molecule has 2 fully saturated rings. The Balaban J connectivity index is 1.61. The maximum absolute atomic E-state index is 12.7. The number of ether oxygens (including phenoxy) is 1. The van der Waals surface area contributed by atoms with Gasteiger partial charge in [0.1, 0.15) is 0 Å². The summed E-state index contributed by atoms with van der Waals surface area (Å²) in [5.74, 6) is 0.500. The first-order valence-electron chi connectivity index (χ1n) is 10.6. The van der Waals surface area contributed by atoms with Crippen LogP contribution in [0.5, 0.6) is 0 Å². The normalized spacial score (nSPS) is 28.2. The Morgan fingerprint density at radius 3 is 2.79 bits per heavy atom. The number of amides is 1. The van der Waals surface area contributed by atoms with E-state index in [1.165, 1.54) is 6.42 Å². The van der Waals surface area contributed by atoms with E-state index in [4.69, 9.17) is 4.74 Å². The zero-order valence-electron chi connectivity index (χ0n) is 17.8. The average Bonchev–Trinajstić information content (AvgIpc) is 2.68. The monoisotopic (exact) mass is 422 g/mol. The molecule has 0 saturated carbocycles. The Kier molecular flexibility index (Phi) is 6.89. The Hall–Kier alpha value is -1.60. The van der Waals surface area contributed by atoms with Gasteiger partial charge in [0.05, 0.1) is 12.4 Å². The van der Waals surface area contributed by atoms with Crippen LogP contribution in [0, 0.1) is 5.92 Å². The SMILES string of the molecule is C[C@H]1CN(C(=O)CCC2CCCCO2)CC[C@]1(C)c1cccc(NS(C)(=O)=O)c1. The van der Waals surface area contributed by atoms with Crippen molar-refractivity contribution in [3.63, 3.8) is 0 Å². The molecule has 1 N–H and O–H groups in total. The molecule has 0 spiro atoms. The number of piperidine rings is 1. The van der Waals surface area contributed by atoms with Crippen molar-refractivity contribution in [2.75, 3.05) is 30.7 Å². The molecule has 29 heavy (non-hydrogen) atoms. The van der Waals surface area contributed by atoms with Gasteiger partial charge in [-0.1, -0.05) is 26.0 Å². The number of hydrogen-bond donors (Lipinski definition) is 1. The predicted octanol–water partition coefficient (Wildman–Crippen LogP) is 3.53. The van der Waals surface area contributed by atoms with Gasteiger partial charge in [0, 0.05) is 31.8 Å². The maximum atomic E-state index is 12.7. The van der Waals surface area contributed by atoms with Crippen molar-refractivity contribution in [1.29, 1.82) is 0 Å². The molecular weight excluding hydrogens is 388 g/mol. The standard InChI is InChI=1S/C22H34N2O4S/c1-17-16-24(21(25)11-10-20-9-4-5-14-28-20)13-12-22(17,2)18-7-6-8-19(15-18)23-29(3,26)27/h6-8,15,17,20,23H,4-5,9-14,16H2,1-3H3/t17-,20?,22-/m0/s1. The molecule has 6 nitrogen and oxygen atoms in total. The third-order valence-electron chi connectivity index (χ3n) is 6.62. The van der Waals surface area contributed by atoms with Gasteiger partial charge in [-0.05, 0) is 61.1 Å². The van der Waals surface area contributed by atoms with Gasteiger partial charge in [0.2, 0.25) is 15.9 Å². The van der Waals surface area contributed by atoms with E-state index in [-0.39, 0.29) is 23.3 Å². The van der Waals surface area contributed by atoms with E-state index in [1.807, 2.05) is 17.0 Å². The number of sulfonamides is 1.